The van der Waals surface area contributed by atoms with Gasteiger partial charge in [-0.05, 0) is 42.8 Å². The molecule has 8 heteroatoms. The van der Waals surface area contributed by atoms with Crippen LogP contribution in [0.4, 0.5) is 11.4 Å². The maximum atomic E-state index is 13.8. The number of nitrogens with zero attached hydrogens (tertiary/aromatic N) is 2. The number of fused-ring (bicyclic) bond motifs is 1. The highest BCUT2D eigenvalue weighted by Gasteiger charge is 2.61. The Kier molecular flexibility index (Phi) is 5.51. The summed E-state index contributed by atoms with van der Waals surface area (Å²) in [5.74, 6) is -2.64. The maximum absolute atomic E-state index is 13.8. The number of ether oxygens (including phenoxy) is 1. The van der Waals surface area contributed by atoms with Gasteiger partial charge in [-0.1, -0.05) is 48.5 Å². The van der Waals surface area contributed by atoms with E-state index in [0.29, 0.717) is 29.3 Å². The van der Waals surface area contributed by atoms with Gasteiger partial charge in [0.1, 0.15) is 11.7 Å². The first-order valence-electron chi connectivity index (χ1n) is 11.0. The van der Waals surface area contributed by atoms with Crippen LogP contribution < -0.4 is 14.7 Å². The summed E-state index contributed by atoms with van der Waals surface area (Å²) >= 11 is 0. The number of carboxylic acids is 1. The van der Waals surface area contributed by atoms with E-state index in [1.807, 2.05) is 13.0 Å². The molecule has 0 unspecified atom stereocenters. The van der Waals surface area contributed by atoms with Gasteiger partial charge in [-0.25, -0.2) is 14.8 Å². The van der Waals surface area contributed by atoms with Crippen LogP contribution in [0.3, 0.4) is 0 Å². The highest BCUT2D eigenvalue weighted by atomic mass is 16.7. The highest BCUT2D eigenvalue weighted by molar-refractivity contribution is 6.24. The van der Waals surface area contributed by atoms with E-state index in [9.17, 15) is 19.5 Å². The van der Waals surface area contributed by atoms with E-state index in [1.165, 1.54) is 11.1 Å². The summed E-state index contributed by atoms with van der Waals surface area (Å²) in [5, 5.41) is 11.3. The number of carbonyl (C=O) groups is 3. The average Bonchev–Trinajstić information content (AvgIpc) is 3.36. The molecule has 5 rings (SSSR count). The molecule has 2 aliphatic heterocycles. The molecule has 0 saturated carbocycles. The van der Waals surface area contributed by atoms with Gasteiger partial charge in [0.05, 0.1) is 29.6 Å². The lowest BCUT2D eigenvalue weighted by atomic mass is 9.88. The molecule has 2 fully saturated rings. The highest BCUT2D eigenvalue weighted by Crippen LogP contribution is 2.49. The third-order valence-electron chi connectivity index (χ3n) is 6.04. The lowest BCUT2D eigenvalue weighted by molar-refractivity contribution is -0.126. The van der Waals surface area contributed by atoms with Gasteiger partial charge in [0, 0.05) is 0 Å². The zero-order chi connectivity index (χ0) is 23.8. The minimum absolute atomic E-state index is 0.0473. The Balaban J connectivity index is 1.63. The van der Waals surface area contributed by atoms with Crippen LogP contribution in [-0.4, -0.2) is 35.6 Å². The fourth-order valence-corrected chi connectivity index (χ4v) is 4.64. The van der Waals surface area contributed by atoms with E-state index >= 15 is 0 Å². The Labute approximate surface area is 195 Å². The molecule has 0 radical (unpaired) electrons. The Morgan fingerprint density at radius 2 is 1.62 bits per heavy atom. The summed E-state index contributed by atoms with van der Waals surface area (Å²) in [7, 11) is 0. The van der Waals surface area contributed by atoms with E-state index < -0.39 is 35.8 Å². The van der Waals surface area contributed by atoms with Gasteiger partial charge in [0.2, 0.25) is 5.91 Å². The number of rotatable bonds is 6. The molecule has 34 heavy (non-hydrogen) atoms. The Morgan fingerprint density at radius 3 is 2.35 bits per heavy atom. The Bertz CT molecular complexity index is 1260. The van der Waals surface area contributed by atoms with Crippen molar-refractivity contribution in [3.63, 3.8) is 0 Å². The van der Waals surface area contributed by atoms with E-state index in [4.69, 9.17) is 9.57 Å². The number of imide groups is 1. The van der Waals surface area contributed by atoms with Crippen molar-refractivity contribution in [1.29, 1.82) is 0 Å². The lowest BCUT2D eigenvalue weighted by Crippen LogP contribution is -2.38. The van der Waals surface area contributed by atoms with Gasteiger partial charge < -0.3 is 9.84 Å². The number of para-hydroxylation sites is 3. The number of anilines is 2. The van der Waals surface area contributed by atoms with Gasteiger partial charge in [0.25, 0.3) is 5.91 Å². The van der Waals surface area contributed by atoms with Gasteiger partial charge >= 0.3 is 5.97 Å². The second kappa shape index (κ2) is 8.64. The van der Waals surface area contributed by atoms with Crippen molar-refractivity contribution in [2.75, 3.05) is 16.6 Å². The number of carbonyl (C=O) groups excluding carboxylic acids is 2. The van der Waals surface area contributed by atoms with Crippen LogP contribution in [-0.2, 0) is 14.4 Å². The van der Waals surface area contributed by atoms with Crippen LogP contribution in [0.1, 0.15) is 28.9 Å². The number of amides is 2. The summed E-state index contributed by atoms with van der Waals surface area (Å²) in [5.41, 5.74) is 1.40. The summed E-state index contributed by atoms with van der Waals surface area (Å²) < 4.78 is 5.65. The van der Waals surface area contributed by atoms with Crippen LogP contribution in [0.2, 0.25) is 0 Å². The first kappa shape index (κ1) is 21.7. The van der Waals surface area contributed by atoms with Gasteiger partial charge in [-0.3, -0.25) is 14.4 Å². The number of benzene rings is 3. The largest absolute Gasteiger partial charge is 0.492 e. The Morgan fingerprint density at radius 1 is 0.941 bits per heavy atom. The standard InChI is InChI=1S/C26H22N2O6/c1-2-33-20-15-9-8-14-19(20)27-24(29)21-22(17-12-6-7-13-18(17)26(31)32)28(34-23(21)25(27)30)16-10-4-3-5-11-16/h3-15,21-23H,2H2,1H3,(H,31,32)/t21-,22+,23-/m1/s1. The van der Waals surface area contributed by atoms with Crippen LogP contribution in [0, 0.1) is 5.92 Å². The fourth-order valence-electron chi connectivity index (χ4n) is 4.64. The van der Waals surface area contributed by atoms with Crippen molar-refractivity contribution in [2.24, 2.45) is 5.92 Å². The van der Waals surface area contributed by atoms with Crippen LogP contribution in [0.25, 0.3) is 0 Å². The minimum Gasteiger partial charge on any atom is -0.492 e. The van der Waals surface area contributed by atoms with Gasteiger partial charge in [-0.15, -0.1) is 0 Å². The molecular formula is C26H22N2O6. The molecule has 3 aromatic rings. The molecule has 2 heterocycles. The van der Waals surface area contributed by atoms with Crippen molar-refractivity contribution in [3.8, 4) is 5.75 Å². The molecule has 0 spiro atoms. The van der Waals surface area contributed by atoms with Crippen LogP contribution in [0.15, 0.2) is 78.9 Å². The molecule has 172 valence electrons. The number of aromatic carboxylic acids is 1. The summed E-state index contributed by atoms with van der Waals surface area (Å²) in [6.07, 6.45) is -1.10. The third kappa shape index (κ3) is 3.39. The van der Waals surface area contributed by atoms with Gasteiger partial charge in [0.15, 0.2) is 6.10 Å². The first-order chi connectivity index (χ1) is 16.5. The zero-order valence-electron chi connectivity index (χ0n) is 18.3. The molecule has 3 aromatic carbocycles. The first-order valence-corrected chi connectivity index (χ1v) is 11.0. The molecular weight excluding hydrogens is 436 g/mol. The van der Waals surface area contributed by atoms with E-state index in [1.54, 1.807) is 66.7 Å². The predicted molar refractivity (Wildman–Crippen MR) is 124 cm³/mol. The van der Waals surface area contributed by atoms with Crippen LogP contribution >= 0.6 is 0 Å². The normalized spacial score (nSPS) is 21.6. The molecule has 0 aliphatic carbocycles. The molecule has 1 N–H and O–H groups in total. The van der Waals surface area contributed by atoms with Crippen LogP contribution in [0.5, 0.6) is 5.75 Å². The second-order valence-electron chi connectivity index (χ2n) is 7.96. The second-order valence-corrected chi connectivity index (χ2v) is 7.96. The van der Waals surface area contributed by atoms with E-state index in [2.05, 4.69) is 0 Å². The number of carboxylic acid groups (broad SMARTS) is 1. The van der Waals surface area contributed by atoms with Crippen molar-refractivity contribution in [3.05, 3.63) is 90.0 Å². The smallest absolute Gasteiger partial charge is 0.336 e. The zero-order valence-corrected chi connectivity index (χ0v) is 18.3. The maximum Gasteiger partial charge on any atom is 0.336 e. The summed E-state index contributed by atoms with van der Waals surface area (Å²) in [6.45, 7) is 2.19. The van der Waals surface area contributed by atoms with Crippen molar-refractivity contribution >= 4 is 29.2 Å². The van der Waals surface area contributed by atoms with E-state index in [0.717, 1.165) is 4.90 Å². The molecule has 3 atom stereocenters. The number of hydrogen-bond acceptors (Lipinski definition) is 6. The molecule has 2 amide bonds. The lowest BCUT2D eigenvalue weighted by Gasteiger charge is -2.29. The molecule has 2 aliphatic rings. The molecule has 8 nitrogen and oxygen atoms in total. The summed E-state index contributed by atoms with van der Waals surface area (Å²) in [4.78, 5) is 46.5. The van der Waals surface area contributed by atoms with Gasteiger partial charge in [-0.2, -0.15) is 0 Å². The SMILES string of the molecule is CCOc1ccccc1N1C(=O)[C@H]2[C@@H](ON(c3ccccc3)[C@H]2c2ccccc2C(=O)O)C1=O. The predicted octanol–water partition coefficient (Wildman–Crippen LogP) is 3.83. The summed E-state index contributed by atoms with van der Waals surface area (Å²) in [6, 6.07) is 21.5. The molecule has 0 aromatic heterocycles. The molecule has 0 bridgehead atoms. The average molecular weight is 458 g/mol. The van der Waals surface area contributed by atoms with Crippen molar-refractivity contribution < 1.29 is 29.1 Å². The topological polar surface area (TPSA) is 96.4 Å². The van der Waals surface area contributed by atoms with Crippen molar-refractivity contribution in [1.82, 2.24) is 0 Å². The monoisotopic (exact) mass is 458 g/mol. The number of hydrogen-bond donors (Lipinski definition) is 1. The molecule has 2 saturated heterocycles. The number of hydroxylamine groups is 1. The van der Waals surface area contributed by atoms with E-state index in [-0.39, 0.29) is 5.56 Å². The minimum atomic E-state index is -1.12. The Hall–Kier alpha value is -4.17. The van der Waals surface area contributed by atoms with Crippen molar-refractivity contribution in [2.45, 2.75) is 19.1 Å². The fraction of sp³-hybridized carbons (Fsp3) is 0.192. The third-order valence-corrected chi connectivity index (χ3v) is 6.04. The quantitative estimate of drug-likeness (QED) is 0.561.